The van der Waals surface area contributed by atoms with Crippen molar-refractivity contribution in [3.8, 4) is 0 Å². The van der Waals surface area contributed by atoms with E-state index in [1.54, 1.807) is 0 Å². The standard InChI is InChI=1S/C16H26N2S/c1-4-7-12-18(6-3)15(16(17)19)14-10-8-13(5-2)9-11-14/h8-11,15H,4-7,12H2,1-3H3,(H2,17,19). The van der Waals surface area contributed by atoms with Gasteiger partial charge >= 0.3 is 0 Å². The number of nitrogens with zero attached hydrogens (tertiary/aromatic N) is 1. The topological polar surface area (TPSA) is 29.3 Å². The van der Waals surface area contributed by atoms with Crippen molar-refractivity contribution in [1.82, 2.24) is 4.90 Å². The van der Waals surface area contributed by atoms with Crippen molar-refractivity contribution < 1.29 is 0 Å². The molecule has 1 unspecified atom stereocenters. The van der Waals surface area contributed by atoms with Crippen molar-refractivity contribution in [3.05, 3.63) is 35.4 Å². The summed E-state index contributed by atoms with van der Waals surface area (Å²) in [4.78, 5) is 2.94. The zero-order valence-corrected chi connectivity index (χ0v) is 13.2. The predicted molar refractivity (Wildman–Crippen MR) is 87.5 cm³/mol. The fourth-order valence-electron chi connectivity index (χ4n) is 2.32. The third kappa shape index (κ3) is 4.59. The van der Waals surface area contributed by atoms with Gasteiger partial charge in [-0.05, 0) is 37.1 Å². The fraction of sp³-hybridized carbons (Fsp3) is 0.562. The number of nitrogens with two attached hydrogens (primary N) is 1. The van der Waals surface area contributed by atoms with E-state index in [0.717, 1.165) is 19.5 Å². The zero-order valence-electron chi connectivity index (χ0n) is 12.4. The molecule has 0 spiro atoms. The molecule has 0 saturated carbocycles. The molecule has 2 nitrogen and oxygen atoms in total. The monoisotopic (exact) mass is 278 g/mol. The summed E-state index contributed by atoms with van der Waals surface area (Å²) in [6.07, 6.45) is 3.43. The van der Waals surface area contributed by atoms with Crippen LogP contribution in [0.5, 0.6) is 0 Å². The van der Waals surface area contributed by atoms with Crippen molar-refractivity contribution in [2.45, 2.75) is 46.1 Å². The van der Waals surface area contributed by atoms with Gasteiger partial charge in [-0.25, -0.2) is 0 Å². The predicted octanol–water partition coefficient (Wildman–Crippen LogP) is 3.70. The molecule has 0 fully saturated rings. The molecule has 2 N–H and O–H groups in total. The average Bonchev–Trinajstić information content (AvgIpc) is 2.43. The maximum absolute atomic E-state index is 5.98. The molecule has 19 heavy (non-hydrogen) atoms. The zero-order chi connectivity index (χ0) is 14.3. The lowest BCUT2D eigenvalue weighted by molar-refractivity contribution is 0.253. The summed E-state index contributed by atoms with van der Waals surface area (Å²) in [7, 11) is 0. The maximum Gasteiger partial charge on any atom is 0.0948 e. The van der Waals surface area contributed by atoms with Gasteiger partial charge in [0, 0.05) is 0 Å². The van der Waals surface area contributed by atoms with Gasteiger partial charge in [0.25, 0.3) is 0 Å². The largest absolute Gasteiger partial charge is 0.392 e. The summed E-state index contributed by atoms with van der Waals surface area (Å²) >= 11 is 5.29. The van der Waals surface area contributed by atoms with Crippen LogP contribution >= 0.6 is 12.2 Å². The van der Waals surface area contributed by atoms with E-state index in [2.05, 4.69) is 49.9 Å². The van der Waals surface area contributed by atoms with Crippen molar-refractivity contribution in [3.63, 3.8) is 0 Å². The smallest absolute Gasteiger partial charge is 0.0948 e. The Balaban J connectivity index is 2.93. The van der Waals surface area contributed by atoms with Crippen LogP contribution in [-0.2, 0) is 6.42 Å². The Morgan fingerprint density at radius 2 is 1.84 bits per heavy atom. The molecule has 0 saturated heterocycles. The van der Waals surface area contributed by atoms with Crippen LogP contribution in [0.3, 0.4) is 0 Å². The van der Waals surface area contributed by atoms with Crippen LogP contribution in [0.25, 0.3) is 0 Å². The lowest BCUT2D eigenvalue weighted by Gasteiger charge is -2.30. The van der Waals surface area contributed by atoms with E-state index < -0.39 is 0 Å². The number of hydrogen-bond donors (Lipinski definition) is 1. The van der Waals surface area contributed by atoms with Crippen molar-refractivity contribution in [1.29, 1.82) is 0 Å². The lowest BCUT2D eigenvalue weighted by atomic mass is 10.0. The van der Waals surface area contributed by atoms with Gasteiger partial charge in [-0.2, -0.15) is 0 Å². The number of benzene rings is 1. The normalized spacial score (nSPS) is 12.6. The summed E-state index contributed by atoms with van der Waals surface area (Å²) in [5.74, 6) is 0. The quantitative estimate of drug-likeness (QED) is 0.735. The summed E-state index contributed by atoms with van der Waals surface area (Å²) in [5.41, 5.74) is 8.54. The number of likely N-dealkylation sites (N-methyl/N-ethyl adjacent to an activating group) is 1. The molecule has 106 valence electrons. The molecule has 1 atom stereocenters. The minimum atomic E-state index is 0.0671. The van der Waals surface area contributed by atoms with Crippen molar-refractivity contribution in [2.24, 2.45) is 5.73 Å². The van der Waals surface area contributed by atoms with Gasteiger partial charge in [0.15, 0.2) is 0 Å². The highest BCUT2D eigenvalue weighted by molar-refractivity contribution is 7.80. The second-order valence-corrected chi connectivity index (χ2v) is 5.35. The van der Waals surface area contributed by atoms with Crippen LogP contribution in [0.4, 0.5) is 0 Å². The van der Waals surface area contributed by atoms with Crippen LogP contribution < -0.4 is 5.73 Å². The van der Waals surface area contributed by atoms with Gasteiger partial charge in [-0.3, -0.25) is 4.90 Å². The van der Waals surface area contributed by atoms with E-state index in [0.29, 0.717) is 4.99 Å². The van der Waals surface area contributed by atoms with Crippen LogP contribution in [0.2, 0.25) is 0 Å². The Bertz CT molecular complexity index is 386. The molecule has 0 aliphatic heterocycles. The number of thiocarbonyl (C=S) groups is 1. The molecule has 1 rings (SSSR count). The van der Waals surface area contributed by atoms with Gasteiger partial charge in [0.05, 0.1) is 11.0 Å². The molecule has 0 radical (unpaired) electrons. The summed E-state index contributed by atoms with van der Waals surface area (Å²) < 4.78 is 0. The Kier molecular flexibility index (Phi) is 7.03. The number of rotatable bonds is 8. The first-order valence-corrected chi connectivity index (χ1v) is 7.67. The fourth-order valence-corrected chi connectivity index (χ4v) is 2.61. The van der Waals surface area contributed by atoms with Crippen molar-refractivity contribution >= 4 is 17.2 Å². The molecule has 1 aromatic rings. The Hall–Kier alpha value is -0.930. The van der Waals surface area contributed by atoms with E-state index in [1.807, 2.05) is 0 Å². The lowest BCUT2D eigenvalue weighted by Crippen LogP contribution is -2.37. The van der Waals surface area contributed by atoms with E-state index >= 15 is 0 Å². The Labute approximate surface area is 123 Å². The molecule has 0 amide bonds. The van der Waals surface area contributed by atoms with Crippen LogP contribution in [0, 0.1) is 0 Å². The van der Waals surface area contributed by atoms with Gasteiger partial charge < -0.3 is 5.73 Å². The third-order valence-electron chi connectivity index (χ3n) is 3.54. The highest BCUT2D eigenvalue weighted by Crippen LogP contribution is 2.22. The molecule has 1 aromatic carbocycles. The van der Waals surface area contributed by atoms with Crippen LogP contribution in [0.15, 0.2) is 24.3 Å². The summed E-state index contributed by atoms with van der Waals surface area (Å²) in [5, 5.41) is 0. The summed E-state index contributed by atoms with van der Waals surface area (Å²) in [6.45, 7) is 8.56. The number of aryl methyl sites for hydroxylation is 1. The molecular formula is C16H26N2S. The molecule has 0 bridgehead atoms. The highest BCUT2D eigenvalue weighted by atomic mass is 32.1. The van der Waals surface area contributed by atoms with Gasteiger partial charge in [-0.1, -0.05) is 63.7 Å². The second-order valence-electron chi connectivity index (χ2n) is 4.88. The number of hydrogen-bond acceptors (Lipinski definition) is 2. The Morgan fingerprint density at radius 1 is 1.21 bits per heavy atom. The van der Waals surface area contributed by atoms with E-state index in [1.165, 1.54) is 24.0 Å². The molecule has 3 heteroatoms. The third-order valence-corrected chi connectivity index (χ3v) is 3.77. The van der Waals surface area contributed by atoms with E-state index in [9.17, 15) is 0 Å². The molecule has 0 aromatic heterocycles. The van der Waals surface area contributed by atoms with E-state index in [-0.39, 0.29) is 6.04 Å². The Morgan fingerprint density at radius 3 is 2.26 bits per heavy atom. The SMILES string of the molecule is CCCCN(CC)C(C(N)=S)c1ccc(CC)cc1. The molecule has 0 heterocycles. The van der Waals surface area contributed by atoms with Crippen molar-refractivity contribution in [2.75, 3.05) is 13.1 Å². The van der Waals surface area contributed by atoms with Crippen LogP contribution in [0.1, 0.15) is 50.8 Å². The second kappa shape index (κ2) is 8.28. The average molecular weight is 278 g/mol. The minimum Gasteiger partial charge on any atom is -0.392 e. The maximum atomic E-state index is 5.98. The molecule has 0 aliphatic rings. The summed E-state index contributed by atoms with van der Waals surface area (Å²) in [6, 6.07) is 8.74. The minimum absolute atomic E-state index is 0.0671. The molecular weight excluding hydrogens is 252 g/mol. The molecule has 0 aliphatic carbocycles. The first kappa shape index (κ1) is 16.1. The highest BCUT2D eigenvalue weighted by Gasteiger charge is 2.21. The van der Waals surface area contributed by atoms with Gasteiger partial charge in [0.2, 0.25) is 0 Å². The van der Waals surface area contributed by atoms with Crippen LogP contribution in [-0.4, -0.2) is 23.0 Å². The van der Waals surface area contributed by atoms with Gasteiger partial charge in [-0.15, -0.1) is 0 Å². The first-order valence-electron chi connectivity index (χ1n) is 7.26. The number of unbranched alkanes of at least 4 members (excludes halogenated alkanes) is 1. The first-order chi connectivity index (χ1) is 9.13. The van der Waals surface area contributed by atoms with E-state index in [4.69, 9.17) is 18.0 Å². The van der Waals surface area contributed by atoms with Gasteiger partial charge in [0.1, 0.15) is 0 Å².